The van der Waals surface area contributed by atoms with Gasteiger partial charge in [-0.2, -0.15) is 0 Å². The monoisotopic (exact) mass is 348 g/mol. The van der Waals surface area contributed by atoms with Crippen LogP contribution >= 0.6 is 0 Å². The van der Waals surface area contributed by atoms with E-state index in [1.54, 1.807) is 31.2 Å². The lowest BCUT2D eigenvalue weighted by Crippen LogP contribution is -2.55. The normalized spacial score (nSPS) is 35.6. The first kappa shape index (κ1) is 17.2. The van der Waals surface area contributed by atoms with E-state index in [9.17, 15) is 24.6 Å². The molecule has 5 N–H and O–H groups in total. The SMILES string of the molecule is COc1cccc(NC(=O)C2CC(N)(C(=O)O)C3(C)C(C(=O)O)C23)c1. The van der Waals surface area contributed by atoms with Crippen molar-refractivity contribution in [3.8, 4) is 5.75 Å². The van der Waals surface area contributed by atoms with Crippen molar-refractivity contribution in [3.05, 3.63) is 24.3 Å². The summed E-state index contributed by atoms with van der Waals surface area (Å²) in [5, 5.41) is 21.6. The van der Waals surface area contributed by atoms with Crippen molar-refractivity contribution in [1.29, 1.82) is 0 Å². The zero-order valence-corrected chi connectivity index (χ0v) is 13.9. The average Bonchev–Trinajstić information content (AvgIpc) is 3.12. The van der Waals surface area contributed by atoms with Crippen LogP contribution < -0.4 is 15.8 Å². The van der Waals surface area contributed by atoms with Gasteiger partial charge in [0.15, 0.2) is 0 Å². The molecule has 0 heterocycles. The summed E-state index contributed by atoms with van der Waals surface area (Å²) < 4.78 is 5.09. The maximum Gasteiger partial charge on any atom is 0.324 e. The Morgan fingerprint density at radius 3 is 2.56 bits per heavy atom. The average molecular weight is 348 g/mol. The highest BCUT2D eigenvalue weighted by molar-refractivity contribution is 5.97. The summed E-state index contributed by atoms with van der Waals surface area (Å²) in [4.78, 5) is 35.9. The van der Waals surface area contributed by atoms with Gasteiger partial charge in [-0.1, -0.05) is 13.0 Å². The first-order valence-electron chi connectivity index (χ1n) is 7.87. The number of fused-ring (bicyclic) bond motifs is 1. The number of hydrogen-bond acceptors (Lipinski definition) is 5. The number of amides is 1. The molecular formula is C17H20N2O6. The number of ether oxygens (including phenoxy) is 1. The summed E-state index contributed by atoms with van der Waals surface area (Å²) in [6, 6.07) is 6.72. The van der Waals surface area contributed by atoms with Crippen molar-refractivity contribution < 1.29 is 29.3 Å². The highest BCUT2D eigenvalue weighted by Crippen LogP contribution is 2.73. The Morgan fingerprint density at radius 1 is 1.32 bits per heavy atom. The Labute approximate surface area is 144 Å². The number of carboxylic acid groups (broad SMARTS) is 2. The summed E-state index contributed by atoms with van der Waals surface area (Å²) >= 11 is 0. The summed E-state index contributed by atoms with van der Waals surface area (Å²) in [7, 11) is 1.50. The molecule has 3 rings (SSSR count). The highest BCUT2D eigenvalue weighted by Gasteiger charge is 2.83. The molecule has 0 spiro atoms. The van der Waals surface area contributed by atoms with Gasteiger partial charge in [-0.05, 0) is 24.5 Å². The van der Waals surface area contributed by atoms with Crippen molar-refractivity contribution in [2.24, 2.45) is 28.9 Å². The number of nitrogens with two attached hydrogens (primary N) is 1. The number of carbonyl (C=O) groups is 3. The molecule has 5 atom stereocenters. The van der Waals surface area contributed by atoms with Gasteiger partial charge in [0, 0.05) is 23.1 Å². The Hall–Kier alpha value is -2.61. The minimum absolute atomic E-state index is 0.0942. The van der Waals surface area contributed by atoms with E-state index in [1.807, 2.05) is 0 Å². The molecule has 8 heteroatoms. The molecule has 0 radical (unpaired) electrons. The number of rotatable bonds is 5. The summed E-state index contributed by atoms with van der Waals surface area (Å²) in [5.74, 6) is -4.59. The van der Waals surface area contributed by atoms with Gasteiger partial charge in [-0.3, -0.25) is 14.4 Å². The first-order chi connectivity index (χ1) is 11.7. The third-order valence-corrected chi connectivity index (χ3v) is 5.85. The topological polar surface area (TPSA) is 139 Å². The number of anilines is 1. The Kier molecular flexibility index (Phi) is 3.75. The Morgan fingerprint density at radius 2 is 2.00 bits per heavy atom. The van der Waals surface area contributed by atoms with Crippen molar-refractivity contribution in [1.82, 2.24) is 0 Å². The minimum Gasteiger partial charge on any atom is -0.497 e. The van der Waals surface area contributed by atoms with Crippen LogP contribution in [0.4, 0.5) is 5.69 Å². The minimum atomic E-state index is -1.74. The molecule has 2 aliphatic carbocycles. The van der Waals surface area contributed by atoms with E-state index in [1.165, 1.54) is 7.11 Å². The second kappa shape index (κ2) is 5.45. The molecule has 0 bridgehead atoms. The molecule has 0 aromatic heterocycles. The summed E-state index contributed by atoms with van der Waals surface area (Å²) in [6.07, 6.45) is -0.0942. The van der Waals surface area contributed by atoms with Gasteiger partial charge < -0.3 is 26.0 Å². The zero-order valence-electron chi connectivity index (χ0n) is 13.9. The van der Waals surface area contributed by atoms with Crippen molar-refractivity contribution >= 4 is 23.5 Å². The molecule has 2 aliphatic rings. The zero-order chi connectivity index (χ0) is 18.6. The maximum absolute atomic E-state index is 12.7. The van der Waals surface area contributed by atoms with Crippen LogP contribution in [0.5, 0.6) is 5.75 Å². The molecule has 25 heavy (non-hydrogen) atoms. The van der Waals surface area contributed by atoms with Crippen LogP contribution in [0.25, 0.3) is 0 Å². The molecule has 1 aromatic rings. The fourth-order valence-electron chi connectivity index (χ4n) is 4.38. The molecule has 1 amide bonds. The van der Waals surface area contributed by atoms with Crippen LogP contribution in [0.15, 0.2) is 24.3 Å². The lowest BCUT2D eigenvalue weighted by Gasteiger charge is -2.29. The molecule has 134 valence electrons. The largest absolute Gasteiger partial charge is 0.497 e. The predicted octanol–water partition coefficient (Wildman–Crippen LogP) is 0.773. The molecule has 5 unspecified atom stereocenters. The molecule has 2 saturated carbocycles. The van der Waals surface area contributed by atoms with E-state index in [4.69, 9.17) is 10.5 Å². The van der Waals surface area contributed by atoms with E-state index in [0.717, 1.165) is 0 Å². The number of methoxy groups -OCH3 is 1. The van der Waals surface area contributed by atoms with E-state index in [-0.39, 0.29) is 6.42 Å². The van der Waals surface area contributed by atoms with Crippen molar-refractivity contribution in [2.75, 3.05) is 12.4 Å². The summed E-state index contributed by atoms with van der Waals surface area (Å²) in [6.45, 7) is 1.55. The maximum atomic E-state index is 12.7. The molecule has 0 saturated heterocycles. The lowest BCUT2D eigenvalue weighted by atomic mass is 9.80. The van der Waals surface area contributed by atoms with E-state index < -0.39 is 46.6 Å². The number of nitrogens with one attached hydrogen (secondary N) is 1. The van der Waals surface area contributed by atoms with Gasteiger partial charge in [0.05, 0.1) is 13.0 Å². The Bertz CT molecular complexity index is 765. The van der Waals surface area contributed by atoms with Crippen LogP contribution in [0.2, 0.25) is 0 Å². The van der Waals surface area contributed by atoms with Gasteiger partial charge in [0.25, 0.3) is 0 Å². The highest BCUT2D eigenvalue weighted by atomic mass is 16.5. The number of aliphatic carboxylic acids is 2. The fourth-order valence-corrected chi connectivity index (χ4v) is 4.38. The molecule has 1 aromatic carbocycles. The number of hydrogen-bond donors (Lipinski definition) is 4. The molecule has 8 nitrogen and oxygen atoms in total. The fraction of sp³-hybridized carbons (Fsp3) is 0.471. The van der Waals surface area contributed by atoms with Gasteiger partial charge in [0.2, 0.25) is 5.91 Å². The van der Waals surface area contributed by atoms with Crippen LogP contribution in [-0.4, -0.2) is 40.7 Å². The third-order valence-electron chi connectivity index (χ3n) is 5.85. The van der Waals surface area contributed by atoms with Crippen LogP contribution in [0.3, 0.4) is 0 Å². The van der Waals surface area contributed by atoms with Crippen LogP contribution in [-0.2, 0) is 14.4 Å². The van der Waals surface area contributed by atoms with Crippen LogP contribution in [0.1, 0.15) is 13.3 Å². The predicted molar refractivity (Wildman–Crippen MR) is 87.0 cm³/mol. The van der Waals surface area contributed by atoms with Crippen molar-refractivity contribution in [3.63, 3.8) is 0 Å². The second-order valence-corrected chi connectivity index (χ2v) is 6.93. The smallest absolute Gasteiger partial charge is 0.324 e. The third kappa shape index (κ3) is 2.28. The second-order valence-electron chi connectivity index (χ2n) is 6.93. The quantitative estimate of drug-likeness (QED) is 0.616. The number of carbonyl (C=O) groups excluding carboxylic acids is 1. The van der Waals surface area contributed by atoms with Crippen LogP contribution in [0, 0.1) is 23.2 Å². The van der Waals surface area contributed by atoms with E-state index in [2.05, 4.69) is 5.32 Å². The number of benzene rings is 1. The first-order valence-corrected chi connectivity index (χ1v) is 7.87. The van der Waals surface area contributed by atoms with Gasteiger partial charge >= 0.3 is 11.9 Å². The molecular weight excluding hydrogens is 328 g/mol. The lowest BCUT2D eigenvalue weighted by molar-refractivity contribution is -0.148. The van der Waals surface area contributed by atoms with E-state index in [0.29, 0.717) is 11.4 Å². The molecule has 2 fully saturated rings. The van der Waals surface area contributed by atoms with E-state index >= 15 is 0 Å². The summed E-state index contributed by atoms with van der Waals surface area (Å²) in [5.41, 5.74) is 3.67. The standard InChI is InChI=1S/C17H20N2O6/c1-16-11(12(16)14(21)22)10(7-17(16,18)15(23)24)13(20)19-8-4-3-5-9(6-8)25-2/h3-6,10-12H,7,18H2,1-2H3,(H,19,20)(H,21,22)(H,23,24). The molecule has 0 aliphatic heterocycles. The van der Waals surface area contributed by atoms with Crippen molar-refractivity contribution in [2.45, 2.75) is 18.9 Å². The number of carboxylic acids is 2. The van der Waals surface area contributed by atoms with Gasteiger partial charge in [-0.25, -0.2) is 0 Å². The van der Waals surface area contributed by atoms with Gasteiger partial charge in [0.1, 0.15) is 11.3 Å². The van der Waals surface area contributed by atoms with Gasteiger partial charge in [-0.15, -0.1) is 0 Å². The Balaban J connectivity index is 1.86.